The van der Waals surface area contributed by atoms with Gasteiger partial charge in [-0.25, -0.2) is 9.18 Å². The van der Waals surface area contributed by atoms with E-state index in [1.54, 1.807) is 25.1 Å². The van der Waals surface area contributed by atoms with Crippen LogP contribution < -0.4 is 21.1 Å². The molecule has 0 aliphatic heterocycles. The summed E-state index contributed by atoms with van der Waals surface area (Å²) in [5.41, 5.74) is 5.71. The van der Waals surface area contributed by atoms with E-state index < -0.39 is 23.9 Å². The van der Waals surface area contributed by atoms with Crippen LogP contribution in [0.1, 0.15) is 41.8 Å². The van der Waals surface area contributed by atoms with Crippen molar-refractivity contribution >= 4 is 28.5 Å². The summed E-state index contributed by atoms with van der Waals surface area (Å²) >= 11 is 0.883. The molecule has 3 amide bonds. The van der Waals surface area contributed by atoms with E-state index in [0.29, 0.717) is 18.0 Å². The van der Waals surface area contributed by atoms with E-state index in [-0.39, 0.29) is 16.4 Å². The highest BCUT2D eigenvalue weighted by molar-refractivity contribution is 7.11. The maximum atomic E-state index is 13.9. The van der Waals surface area contributed by atoms with Gasteiger partial charge in [-0.3, -0.25) is 10.1 Å². The third-order valence-corrected chi connectivity index (χ3v) is 4.76. The molecular weight excluding hydrogens is 359 g/mol. The van der Waals surface area contributed by atoms with Crippen LogP contribution in [0, 0.1) is 11.7 Å². The van der Waals surface area contributed by atoms with Crippen molar-refractivity contribution in [3.63, 3.8) is 0 Å². The van der Waals surface area contributed by atoms with Gasteiger partial charge in [-0.1, -0.05) is 18.2 Å². The van der Waals surface area contributed by atoms with Gasteiger partial charge in [0.1, 0.15) is 22.5 Å². The Labute approximate surface area is 153 Å². The second kappa shape index (κ2) is 7.69. The van der Waals surface area contributed by atoms with Gasteiger partial charge in [-0.05, 0) is 43.3 Å². The van der Waals surface area contributed by atoms with Crippen molar-refractivity contribution in [2.75, 3.05) is 11.9 Å². The molecule has 1 atom stereocenters. The van der Waals surface area contributed by atoms with Gasteiger partial charge in [-0.2, -0.15) is 4.37 Å². The molecule has 4 N–H and O–H groups in total. The topological polar surface area (TPSA) is 106 Å². The summed E-state index contributed by atoms with van der Waals surface area (Å²) in [4.78, 5) is 23.7. The number of halogens is 1. The van der Waals surface area contributed by atoms with Crippen molar-refractivity contribution in [3.8, 4) is 5.88 Å². The van der Waals surface area contributed by atoms with Crippen LogP contribution in [0.2, 0.25) is 0 Å². The summed E-state index contributed by atoms with van der Waals surface area (Å²) < 4.78 is 23.6. The standard InChI is InChI=1S/C17H19FN4O3S/c1-9(11-4-2-3-5-12(11)18)25-15-13(14(19)23)16(26-22-15)21-17(24)20-8-10-6-7-10/h2-5,9-10H,6-8H2,1H3,(H2,19,23)(H2,20,21,24). The quantitative estimate of drug-likeness (QED) is 0.688. The first-order valence-corrected chi connectivity index (χ1v) is 8.98. The van der Waals surface area contributed by atoms with Gasteiger partial charge in [0.15, 0.2) is 0 Å². The van der Waals surface area contributed by atoms with Crippen LogP contribution in [-0.2, 0) is 0 Å². The zero-order valence-corrected chi connectivity index (χ0v) is 14.9. The summed E-state index contributed by atoms with van der Waals surface area (Å²) in [6.45, 7) is 2.22. The van der Waals surface area contributed by atoms with Crippen molar-refractivity contribution in [1.82, 2.24) is 9.69 Å². The van der Waals surface area contributed by atoms with Gasteiger partial charge in [0.2, 0.25) is 5.88 Å². The Morgan fingerprint density at radius 2 is 2.15 bits per heavy atom. The number of hydrogen-bond donors (Lipinski definition) is 3. The number of nitrogens with two attached hydrogens (primary N) is 1. The van der Waals surface area contributed by atoms with Gasteiger partial charge in [-0.15, -0.1) is 0 Å². The van der Waals surface area contributed by atoms with E-state index in [4.69, 9.17) is 10.5 Å². The van der Waals surface area contributed by atoms with E-state index in [2.05, 4.69) is 15.0 Å². The van der Waals surface area contributed by atoms with Crippen LogP contribution >= 0.6 is 11.5 Å². The first-order valence-electron chi connectivity index (χ1n) is 8.21. The summed E-state index contributed by atoms with van der Waals surface area (Å²) in [7, 11) is 0. The molecule has 1 aliphatic carbocycles. The van der Waals surface area contributed by atoms with Gasteiger partial charge < -0.3 is 15.8 Å². The van der Waals surface area contributed by atoms with Crippen LogP contribution in [-0.4, -0.2) is 22.9 Å². The van der Waals surface area contributed by atoms with Gasteiger partial charge >= 0.3 is 6.03 Å². The molecule has 1 fully saturated rings. The number of aromatic nitrogens is 1. The monoisotopic (exact) mass is 378 g/mol. The lowest BCUT2D eigenvalue weighted by molar-refractivity contribution is 0.0994. The van der Waals surface area contributed by atoms with Crippen molar-refractivity contribution in [1.29, 1.82) is 0 Å². The highest BCUT2D eigenvalue weighted by Crippen LogP contribution is 2.33. The number of amides is 3. The fourth-order valence-electron chi connectivity index (χ4n) is 2.40. The highest BCUT2D eigenvalue weighted by atomic mass is 32.1. The fraction of sp³-hybridized carbons (Fsp3) is 0.353. The molecule has 138 valence electrons. The van der Waals surface area contributed by atoms with Crippen LogP contribution in [0.15, 0.2) is 24.3 Å². The highest BCUT2D eigenvalue weighted by Gasteiger charge is 2.25. The molecule has 0 spiro atoms. The van der Waals surface area contributed by atoms with Crippen molar-refractivity contribution < 1.29 is 18.7 Å². The summed E-state index contributed by atoms with van der Waals surface area (Å²) in [5.74, 6) is -0.713. The van der Waals surface area contributed by atoms with E-state index in [0.717, 1.165) is 24.4 Å². The maximum Gasteiger partial charge on any atom is 0.319 e. The minimum absolute atomic E-state index is 0.0280. The molecular formula is C17H19FN4O3S. The molecule has 2 aromatic rings. The van der Waals surface area contributed by atoms with E-state index in [1.807, 2.05) is 0 Å². The second-order valence-corrected chi connectivity index (χ2v) is 6.89. The molecule has 7 nitrogen and oxygen atoms in total. The molecule has 1 heterocycles. The van der Waals surface area contributed by atoms with Crippen LogP contribution in [0.5, 0.6) is 5.88 Å². The lowest BCUT2D eigenvalue weighted by Gasteiger charge is -2.14. The average molecular weight is 378 g/mol. The number of nitrogens with one attached hydrogen (secondary N) is 2. The predicted octanol–water partition coefficient (Wildman–Crippen LogP) is 3.05. The molecule has 0 saturated heterocycles. The molecule has 1 saturated carbocycles. The van der Waals surface area contributed by atoms with Crippen molar-refractivity contribution in [2.24, 2.45) is 11.7 Å². The molecule has 26 heavy (non-hydrogen) atoms. The number of rotatable bonds is 7. The smallest absolute Gasteiger partial charge is 0.319 e. The normalized spacial score (nSPS) is 14.5. The lowest BCUT2D eigenvalue weighted by Crippen LogP contribution is -2.30. The number of urea groups is 1. The first kappa shape index (κ1) is 18.1. The Kier molecular flexibility index (Phi) is 5.36. The average Bonchev–Trinajstić information content (AvgIpc) is 3.34. The number of benzene rings is 1. The number of carbonyl (C=O) groups excluding carboxylic acids is 2. The molecule has 0 radical (unpaired) electrons. The van der Waals surface area contributed by atoms with E-state index >= 15 is 0 Å². The maximum absolute atomic E-state index is 13.9. The third kappa shape index (κ3) is 4.29. The SMILES string of the molecule is CC(Oc1nsc(NC(=O)NCC2CC2)c1C(N)=O)c1ccccc1F. The van der Waals surface area contributed by atoms with Crippen LogP contribution in [0.3, 0.4) is 0 Å². The Morgan fingerprint density at radius 3 is 2.81 bits per heavy atom. The van der Waals surface area contributed by atoms with Crippen LogP contribution in [0.4, 0.5) is 14.2 Å². The Morgan fingerprint density at radius 1 is 1.42 bits per heavy atom. The molecule has 1 aromatic heterocycles. The van der Waals surface area contributed by atoms with Crippen molar-refractivity contribution in [3.05, 3.63) is 41.2 Å². The minimum Gasteiger partial charge on any atom is -0.468 e. The molecule has 1 aromatic carbocycles. The molecule has 1 unspecified atom stereocenters. The number of anilines is 1. The van der Waals surface area contributed by atoms with E-state index in [1.165, 1.54) is 6.07 Å². The van der Waals surface area contributed by atoms with E-state index in [9.17, 15) is 14.0 Å². The lowest BCUT2D eigenvalue weighted by atomic mass is 10.1. The third-order valence-electron chi connectivity index (χ3n) is 4.01. The summed E-state index contributed by atoms with van der Waals surface area (Å²) in [5, 5.41) is 5.50. The van der Waals surface area contributed by atoms with Crippen LogP contribution in [0.25, 0.3) is 0 Å². The van der Waals surface area contributed by atoms with Crippen molar-refractivity contribution in [2.45, 2.75) is 25.9 Å². The minimum atomic E-state index is -0.785. The first-order chi connectivity index (χ1) is 12.5. The number of hydrogen-bond acceptors (Lipinski definition) is 5. The number of primary amides is 1. The fourth-order valence-corrected chi connectivity index (χ4v) is 3.13. The second-order valence-electron chi connectivity index (χ2n) is 6.12. The molecule has 9 heteroatoms. The Balaban J connectivity index is 1.73. The van der Waals surface area contributed by atoms with Gasteiger partial charge in [0.25, 0.3) is 5.91 Å². The summed E-state index contributed by atoms with van der Waals surface area (Å²) in [6.07, 6.45) is 1.53. The zero-order chi connectivity index (χ0) is 18.7. The van der Waals surface area contributed by atoms with Gasteiger partial charge in [0, 0.05) is 12.1 Å². The molecule has 0 bridgehead atoms. The Hall–Kier alpha value is -2.68. The molecule has 3 rings (SSSR count). The number of nitrogens with zero attached hydrogens (tertiary/aromatic N) is 1. The van der Waals surface area contributed by atoms with Gasteiger partial charge in [0.05, 0.1) is 0 Å². The summed E-state index contributed by atoms with van der Waals surface area (Å²) in [6, 6.07) is 5.73. The Bertz CT molecular complexity index is 822. The number of carbonyl (C=O) groups is 2. The predicted molar refractivity (Wildman–Crippen MR) is 95.8 cm³/mol. The largest absolute Gasteiger partial charge is 0.468 e. The zero-order valence-electron chi connectivity index (χ0n) is 14.1. The number of ether oxygens (including phenoxy) is 1. The molecule has 1 aliphatic rings.